The van der Waals surface area contributed by atoms with Crippen molar-refractivity contribution in [2.75, 3.05) is 18.8 Å². The average molecular weight is 533 g/mol. The lowest BCUT2D eigenvalue weighted by molar-refractivity contribution is 0.174. The molecule has 0 aliphatic carbocycles. The van der Waals surface area contributed by atoms with Gasteiger partial charge in [0.15, 0.2) is 16.6 Å². The zero-order valence-corrected chi connectivity index (χ0v) is 22.1. The molecule has 2 aliphatic rings. The second-order valence-corrected chi connectivity index (χ2v) is 9.81. The molecule has 1 fully saturated rings. The molecular weight excluding hydrogens is 508 g/mol. The Morgan fingerprint density at radius 2 is 1.84 bits per heavy atom. The van der Waals surface area contributed by atoms with Gasteiger partial charge in [-0.25, -0.2) is 0 Å². The number of thiocarbonyl (C=S) groups is 1. The van der Waals surface area contributed by atoms with E-state index in [1.807, 2.05) is 54.6 Å². The summed E-state index contributed by atoms with van der Waals surface area (Å²) >= 11 is 12.4. The highest BCUT2D eigenvalue weighted by Crippen LogP contribution is 2.45. The van der Waals surface area contributed by atoms with Crippen LogP contribution in [0, 0.1) is 13.8 Å². The van der Waals surface area contributed by atoms with Crippen molar-refractivity contribution in [3.8, 4) is 22.9 Å². The number of fused-ring (bicyclic) bond motifs is 1. The number of ether oxygens (including phenoxy) is 3. The summed E-state index contributed by atoms with van der Waals surface area (Å²) in [4.78, 5) is 6.79. The van der Waals surface area contributed by atoms with Crippen molar-refractivity contribution in [1.29, 1.82) is 0 Å². The number of aromatic nitrogens is 2. The summed E-state index contributed by atoms with van der Waals surface area (Å²) in [5.41, 5.74) is 6.11. The Hall–Kier alpha value is -3.75. The number of halogens is 1. The van der Waals surface area contributed by atoms with E-state index in [0.717, 1.165) is 45.5 Å². The van der Waals surface area contributed by atoms with E-state index >= 15 is 0 Å². The fourth-order valence-corrected chi connectivity index (χ4v) is 5.86. The van der Waals surface area contributed by atoms with Gasteiger partial charge in [0, 0.05) is 35.0 Å². The number of rotatable bonds is 5. The molecule has 0 unspecified atom stereocenters. The minimum atomic E-state index is -0.166. The van der Waals surface area contributed by atoms with Crippen LogP contribution >= 0.6 is 23.8 Å². The van der Waals surface area contributed by atoms with Crippen LogP contribution in [-0.2, 0) is 0 Å². The van der Waals surface area contributed by atoms with Crippen LogP contribution in [0.5, 0.6) is 17.2 Å². The maximum Gasteiger partial charge on any atom is 0.231 e. The van der Waals surface area contributed by atoms with Gasteiger partial charge in [-0.3, -0.25) is 4.98 Å². The fourth-order valence-electron chi connectivity index (χ4n) is 5.26. The summed E-state index contributed by atoms with van der Waals surface area (Å²) in [7, 11) is 1.60. The largest absolute Gasteiger partial charge is 0.495 e. The maximum atomic E-state index is 6.54. The van der Waals surface area contributed by atoms with Gasteiger partial charge in [0.05, 0.1) is 29.9 Å². The van der Waals surface area contributed by atoms with E-state index in [2.05, 4.69) is 39.7 Å². The summed E-state index contributed by atoms with van der Waals surface area (Å²) in [6.07, 6.45) is 1.81. The number of nitrogens with zero attached hydrogens (tertiary/aromatic N) is 3. The molecule has 0 bridgehead atoms. The highest BCUT2D eigenvalue weighted by atomic mass is 35.5. The number of nitrogens with one attached hydrogen (secondary N) is 1. The van der Waals surface area contributed by atoms with Crippen molar-refractivity contribution < 1.29 is 14.2 Å². The third-order valence-electron chi connectivity index (χ3n) is 6.91. The summed E-state index contributed by atoms with van der Waals surface area (Å²) < 4.78 is 18.8. The van der Waals surface area contributed by atoms with Crippen molar-refractivity contribution in [1.82, 2.24) is 14.9 Å². The number of methoxy groups -OCH3 is 1. The van der Waals surface area contributed by atoms with Crippen molar-refractivity contribution in [3.63, 3.8) is 0 Å². The van der Waals surface area contributed by atoms with Gasteiger partial charge in [-0.2, -0.15) is 0 Å². The lowest BCUT2D eigenvalue weighted by Gasteiger charge is -2.28. The first-order valence-electron chi connectivity index (χ1n) is 11.9. The molecule has 4 aromatic rings. The second kappa shape index (κ2) is 9.28. The minimum absolute atomic E-state index is 0.166. The monoisotopic (exact) mass is 532 g/mol. The Kier molecular flexibility index (Phi) is 5.93. The molecule has 6 rings (SSSR count). The third-order valence-corrected chi connectivity index (χ3v) is 7.52. The Bertz CT molecular complexity index is 1510. The maximum absolute atomic E-state index is 6.54. The lowest BCUT2D eigenvalue weighted by atomic mass is 9.96. The predicted octanol–water partition coefficient (Wildman–Crippen LogP) is 6.06. The molecule has 0 amide bonds. The molecule has 7 nitrogen and oxygen atoms in total. The van der Waals surface area contributed by atoms with Crippen LogP contribution in [-0.4, -0.2) is 28.6 Å². The molecule has 0 spiro atoms. The zero-order chi connectivity index (χ0) is 25.7. The number of pyridine rings is 1. The van der Waals surface area contributed by atoms with E-state index in [4.69, 9.17) is 38.0 Å². The van der Waals surface area contributed by atoms with Gasteiger partial charge >= 0.3 is 0 Å². The van der Waals surface area contributed by atoms with Gasteiger partial charge in [-0.1, -0.05) is 17.7 Å². The fraction of sp³-hybridized carbons (Fsp3) is 0.214. The smallest absolute Gasteiger partial charge is 0.231 e. The quantitative estimate of drug-likeness (QED) is 0.314. The molecule has 188 valence electrons. The number of aryl methyl sites for hydroxylation is 1. The first-order chi connectivity index (χ1) is 18.0. The Morgan fingerprint density at radius 3 is 2.59 bits per heavy atom. The van der Waals surface area contributed by atoms with Gasteiger partial charge < -0.3 is 29.0 Å². The summed E-state index contributed by atoms with van der Waals surface area (Å²) in [5.74, 6) is 2.12. The van der Waals surface area contributed by atoms with Crippen molar-refractivity contribution >= 4 is 34.6 Å². The number of benzene rings is 2. The van der Waals surface area contributed by atoms with Crippen molar-refractivity contribution in [2.45, 2.75) is 25.9 Å². The van der Waals surface area contributed by atoms with Crippen LogP contribution < -0.4 is 24.4 Å². The number of anilines is 1. The summed E-state index contributed by atoms with van der Waals surface area (Å²) in [6, 6.07) is 19.6. The minimum Gasteiger partial charge on any atom is -0.495 e. The first-order valence-corrected chi connectivity index (χ1v) is 12.7. The first kappa shape index (κ1) is 23.6. The Labute approximate surface area is 225 Å². The van der Waals surface area contributed by atoms with E-state index in [-0.39, 0.29) is 18.9 Å². The van der Waals surface area contributed by atoms with E-state index in [0.29, 0.717) is 15.9 Å². The average Bonchev–Trinajstić information content (AvgIpc) is 3.59. The second-order valence-electron chi connectivity index (χ2n) is 9.01. The van der Waals surface area contributed by atoms with Crippen LogP contribution in [0.15, 0.2) is 66.9 Å². The van der Waals surface area contributed by atoms with Gasteiger partial charge in [-0.05, 0) is 80.2 Å². The molecule has 0 saturated carbocycles. The number of hydrogen-bond acceptors (Lipinski definition) is 5. The Morgan fingerprint density at radius 1 is 1.03 bits per heavy atom. The lowest BCUT2D eigenvalue weighted by Crippen LogP contribution is -2.29. The van der Waals surface area contributed by atoms with Crippen LogP contribution in [0.25, 0.3) is 5.69 Å². The van der Waals surface area contributed by atoms with Crippen molar-refractivity contribution in [3.05, 3.63) is 94.5 Å². The van der Waals surface area contributed by atoms with Crippen molar-refractivity contribution in [2.24, 2.45) is 0 Å². The van der Waals surface area contributed by atoms with Crippen LogP contribution in [0.4, 0.5) is 5.69 Å². The Balaban J connectivity index is 1.50. The van der Waals surface area contributed by atoms with Crippen LogP contribution in [0.2, 0.25) is 5.02 Å². The molecule has 2 aliphatic heterocycles. The van der Waals surface area contributed by atoms with E-state index in [1.165, 1.54) is 0 Å². The highest BCUT2D eigenvalue weighted by molar-refractivity contribution is 7.80. The van der Waals surface area contributed by atoms with Gasteiger partial charge in [0.2, 0.25) is 6.79 Å². The molecule has 0 radical (unpaired) electrons. The molecule has 2 aromatic carbocycles. The van der Waals surface area contributed by atoms with E-state index in [1.54, 1.807) is 13.3 Å². The standard InChI is InChI=1S/C28H25ClN4O3S/c1-16-12-20(17(2)32(16)19-8-10-24-25(14-19)36-15-35-24)27-26(22-6-4-5-11-30-22)31-28(37)33(27)18-7-9-23(34-3)21(29)13-18/h4-14,26-27H,15H2,1-3H3,(H,31,37)/t26-,27-/m1/s1. The molecule has 1 saturated heterocycles. The topological polar surface area (TPSA) is 60.8 Å². The van der Waals surface area contributed by atoms with Crippen LogP contribution in [0.3, 0.4) is 0 Å². The molecule has 2 atom stereocenters. The molecule has 4 heterocycles. The summed E-state index contributed by atoms with van der Waals surface area (Å²) in [5, 5.41) is 4.65. The highest BCUT2D eigenvalue weighted by Gasteiger charge is 2.42. The molecule has 9 heteroatoms. The summed E-state index contributed by atoms with van der Waals surface area (Å²) in [6.45, 7) is 4.47. The third kappa shape index (κ3) is 3.97. The number of hydrogen-bond donors (Lipinski definition) is 1. The van der Waals surface area contributed by atoms with Crippen LogP contribution in [0.1, 0.15) is 34.7 Å². The predicted molar refractivity (Wildman–Crippen MR) is 147 cm³/mol. The van der Waals surface area contributed by atoms with Gasteiger partial charge in [0.25, 0.3) is 0 Å². The molecule has 2 aromatic heterocycles. The molecule has 37 heavy (non-hydrogen) atoms. The SMILES string of the molecule is COc1ccc(N2C(=S)N[C@H](c3ccccn3)[C@H]2c2cc(C)n(-c3ccc4c(c3)OCO4)c2C)cc1Cl. The van der Waals surface area contributed by atoms with Gasteiger partial charge in [-0.15, -0.1) is 0 Å². The van der Waals surface area contributed by atoms with E-state index in [9.17, 15) is 0 Å². The van der Waals surface area contributed by atoms with Gasteiger partial charge in [0.1, 0.15) is 5.75 Å². The van der Waals surface area contributed by atoms with E-state index < -0.39 is 0 Å². The zero-order valence-electron chi connectivity index (χ0n) is 20.6. The normalized spacial score (nSPS) is 18.3. The molecule has 1 N–H and O–H groups in total. The molecular formula is C28H25ClN4O3S.